The van der Waals surface area contributed by atoms with E-state index in [2.05, 4.69) is 10.2 Å². The molecule has 3 nitrogen and oxygen atoms in total. The minimum Gasteiger partial charge on any atom is -0.385 e. The fraction of sp³-hybridized carbons (Fsp3) is 0.333. The van der Waals surface area contributed by atoms with E-state index in [1.54, 1.807) is 18.9 Å². The van der Waals surface area contributed by atoms with Crippen LogP contribution < -0.4 is 0 Å². The third-order valence-corrected chi connectivity index (χ3v) is 3.69. The molecule has 1 aromatic carbocycles. The van der Waals surface area contributed by atoms with Gasteiger partial charge in [0.15, 0.2) is 5.15 Å². The second-order valence-corrected chi connectivity index (χ2v) is 4.98. The third kappa shape index (κ3) is 3.09. The molecule has 1 heterocycles. The molecule has 0 saturated heterocycles. The average Bonchev–Trinajstić information content (AvgIpc) is 2.37. The molecule has 1 aromatic heterocycles. The van der Waals surface area contributed by atoms with Crippen LogP contribution in [0.5, 0.6) is 0 Å². The van der Waals surface area contributed by atoms with E-state index in [1.807, 2.05) is 24.3 Å². The van der Waals surface area contributed by atoms with E-state index in [0.29, 0.717) is 5.15 Å². The Morgan fingerprint density at radius 1 is 1.24 bits per heavy atom. The zero-order valence-electron chi connectivity index (χ0n) is 9.52. The molecule has 2 rings (SSSR count). The normalized spacial score (nSPS) is 10.9. The number of benzene rings is 1. The first-order valence-corrected chi connectivity index (χ1v) is 6.72. The molecule has 0 spiro atoms. The number of hydrogen-bond donors (Lipinski definition) is 0. The Balaban J connectivity index is 2.20. The Morgan fingerprint density at radius 2 is 2.00 bits per heavy atom. The molecule has 0 N–H and O–H groups in total. The van der Waals surface area contributed by atoms with Crippen LogP contribution in [0.1, 0.15) is 6.42 Å². The van der Waals surface area contributed by atoms with Gasteiger partial charge >= 0.3 is 0 Å². The molecular formula is C12H13ClN2OS. The maximum Gasteiger partial charge on any atom is 0.159 e. The second-order valence-electron chi connectivity index (χ2n) is 3.54. The topological polar surface area (TPSA) is 35.0 Å². The van der Waals surface area contributed by atoms with Crippen LogP contribution in [0.15, 0.2) is 29.3 Å². The van der Waals surface area contributed by atoms with Crippen molar-refractivity contribution in [1.29, 1.82) is 0 Å². The van der Waals surface area contributed by atoms with Crippen LogP contribution in [-0.2, 0) is 4.74 Å². The molecule has 0 amide bonds. The summed E-state index contributed by atoms with van der Waals surface area (Å²) in [5.74, 6) is 0.966. The molecule has 0 saturated carbocycles. The predicted octanol–water partition coefficient (Wildman–Crippen LogP) is 3.41. The monoisotopic (exact) mass is 268 g/mol. The fourth-order valence-corrected chi connectivity index (χ4v) is 2.62. The second kappa shape index (κ2) is 6.19. The average molecular weight is 269 g/mol. The first-order valence-electron chi connectivity index (χ1n) is 5.35. The highest BCUT2D eigenvalue weighted by Gasteiger charge is 2.07. The SMILES string of the molecule is COCCCSc1nnc(Cl)c2ccccc12. The van der Waals surface area contributed by atoms with Gasteiger partial charge in [0.1, 0.15) is 5.03 Å². The summed E-state index contributed by atoms with van der Waals surface area (Å²) in [7, 11) is 1.71. The summed E-state index contributed by atoms with van der Waals surface area (Å²) < 4.78 is 5.02. The number of thioether (sulfide) groups is 1. The van der Waals surface area contributed by atoms with E-state index < -0.39 is 0 Å². The first kappa shape index (κ1) is 12.6. The molecule has 17 heavy (non-hydrogen) atoms. The van der Waals surface area contributed by atoms with Gasteiger partial charge in [0.2, 0.25) is 0 Å². The number of rotatable bonds is 5. The van der Waals surface area contributed by atoms with Crippen molar-refractivity contribution < 1.29 is 4.74 Å². The Hall–Kier alpha value is -0.840. The summed E-state index contributed by atoms with van der Waals surface area (Å²) in [4.78, 5) is 0. The van der Waals surface area contributed by atoms with Crippen LogP contribution >= 0.6 is 23.4 Å². The lowest BCUT2D eigenvalue weighted by Crippen LogP contribution is -1.93. The van der Waals surface area contributed by atoms with Crippen LogP contribution in [0, 0.1) is 0 Å². The van der Waals surface area contributed by atoms with Crippen LogP contribution in [0.2, 0.25) is 5.15 Å². The minimum atomic E-state index is 0.460. The number of methoxy groups -OCH3 is 1. The number of nitrogens with zero attached hydrogens (tertiary/aromatic N) is 2. The molecule has 0 aliphatic heterocycles. The first-order chi connectivity index (χ1) is 8.33. The van der Waals surface area contributed by atoms with Gasteiger partial charge in [0.05, 0.1) is 0 Å². The number of ether oxygens (including phenoxy) is 1. The zero-order valence-corrected chi connectivity index (χ0v) is 11.1. The van der Waals surface area contributed by atoms with Gasteiger partial charge in [-0.05, 0) is 6.42 Å². The van der Waals surface area contributed by atoms with Gasteiger partial charge in [0.25, 0.3) is 0 Å². The molecule has 0 aliphatic rings. The predicted molar refractivity (Wildman–Crippen MR) is 71.8 cm³/mol. The summed E-state index contributed by atoms with van der Waals surface area (Å²) in [6.45, 7) is 0.770. The Bertz CT molecular complexity index is 507. The largest absolute Gasteiger partial charge is 0.385 e. The van der Waals surface area contributed by atoms with Crippen molar-refractivity contribution >= 4 is 34.1 Å². The van der Waals surface area contributed by atoms with Gasteiger partial charge in [-0.2, -0.15) is 0 Å². The summed E-state index contributed by atoms with van der Waals surface area (Å²) in [6, 6.07) is 7.93. The van der Waals surface area contributed by atoms with E-state index >= 15 is 0 Å². The molecule has 0 atom stereocenters. The van der Waals surface area contributed by atoms with Crippen LogP contribution in [-0.4, -0.2) is 29.7 Å². The lowest BCUT2D eigenvalue weighted by molar-refractivity contribution is 0.200. The number of aromatic nitrogens is 2. The van der Waals surface area contributed by atoms with Crippen molar-refractivity contribution in [2.24, 2.45) is 0 Å². The molecule has 0 radical (unpaired) electrons. The van der Waals surface area contributed by atoms with Crippen LogP contribution in [0.3, 0.4) is 0 Å². The molecule has 0 bridgehead atoms. The van der Waals surface area contributed by atoms with Crippen molar-refractivity contribution in [3.8, 4) is 0 Å². The molecular weight excluding hydrogens is 256 g/mol. The lowest BCUT2D eigenvalue weighted by Gasteiger charge is -2.05. The number of hydrogen-bond acceptors (Lipinski definition) is 4. The Morgan fingerprint density at radius 3 is 2.76 bits per heavy atom. The molecule has 0 aliphatic carbocycles. The molecule has 5 heteroatoms. The van der Waals surface area contributed by atoms with Gasteiger partial charge < -0.3 is 4.74 Å². The van der Waals surface area contributed by atoms with Crippen molar-refractivity contribution in [3.63, 3.8) is 0 Å². The molecule has 90 valence electrons. The fourth-order valence-electron chi connectivity index (χ4n) is 1.53. The van der Waals surface area contributed by atoms with Crippen molar-refractivity contribution in [2.45, 2.75) is 11.4 Å². The van der Waals surface area contributed by atoms with Gasteiger partial charge in [-0.1, -0.05) is 35.9 Å². The summed E-state index contributed by atoms with van der Waals surface area (Å²) in [5, 5.41) is 11.5. The number of halogens is 1. The van der Waals surface area contributed by atoms with Crippen LogP contribution in [0.25, 0.3) is 10.8 Å². The highest BCUT2D eigenvalue weighted by molar-refractivity contribution is 7.99. The van der Waals surface area contributed by atoms with Crippen molar-refractivity contribution in [3.05, 3.63) is 29.4 Å². The Kier molecular flexibility index (Phi) is 4.59. The van der Waals surface area contributed by atoms with Gasteiger partial charge in [-0.15, -0.1) is 22.0 Å². The molecule has 0 unspecified atom stereocenters. The highest BCUT2D eigenvalue weighted by atomic mass is 35.5. The van der Waals surface area contributed by atoms with Gasteiger partial charge in [0, 0.05) is 30.2 Å². The quantitative estimate of drug-likeness (QED) is 0.615. The molecule has 2 aromatic rings. The zero-order chi connectivity index (χ0) is 12.1. The summed E-state index contributed by atoms with van der Waals surface area (Å²) >= 11 is 7.70. The van der Waals surface area contributed by atoms with Gasteiger partial charge in [-0.25, -0.2) is 0 Å². The van der Waals surface area contributed by atoms with Crippen LogP contribution in [0.4, 0.5) is 0 Å². The maximum atomic E-state index is 6.01. The third-order valence-electron chi connectivity index (χ3n) is 2.34. The lowest BCUT2D eigenvalue weighted by atomic mass is 10.2. The van der Waals surface area contributed by atoms with Crippen molar-refractivity contribution in [1.82, 2.24) is 10.2 Å². The van der Waals surface area contributed by atoms with E-state index in [-0.39, 0.29) is 0 Å². The van der Waals surface area contributed by atoms with Gasteiger partial charge in [-0.3, -0.25) is 0 Å². The smallest absolute Gasteiger partial charge is 0.159 e. The maximum absolute atomic E-state index is 6.01. The standard InChI is InChI=1S/C12H13ClN2OS/c1-16-7-4-8-17-12-10-6-3-2-5-9(10)11(13)14-15-12/h2-3,5-6H,4,7-8H2,1H3. The summed E-state index contributed by atoms with van der Waals surface area (Å²) in [5.41, 5.74) is 0. The highest BCUT2D eigenvalue weighted by Crippen LogP contribution is 2.28. The van der Waals surface area contributed by atoms with Crippen molar-refractivity contribution in [2.75, 3.05) is 19.5 Å². The molecule has 0 fully saturated rings. The minimum absolute atomic E-state index is 0.460. The number of fused-ring (bicyclic) bond motifs is 1. The van der Waals surface area contributed by atoms with E-state index in [0.717, 1.165) is 34.6 Å². The summed E-state index contributed by atoms with van der Waals surface area (Å²) in [6.07, 6.45) is 1.000. The van der Waals surface area contributed by atoms with E-state index in [1.165, 1.54) is 0 Å². The van der Waals surface area contributed by atoms with E-state index in [4.69, 9.17) is 16.3 Å². The van der Waals surface area contributed by atoms with E-state index in [9.17, 15) is 0 Å². The Labute approximate surface area is 110 Å².